The van der Waals surface area contributed by atoms with Gasteiger partial charge < -0.3 is 9.64 Å². The lowest BCUT2D eigenvalue weighted by Gasteiger charge is -2.47. The molecule has 1 unspecified atom stereocenters. The van der Waals surface area contributed by atoms with Crippen LogP contribution in [-0.2, 0) is 0 Å². The predicted octanol–water partition coefficient (Wildman–Crippen LogP) is 6.91. The molecule has 1 fully saturated rings. The predicted molar refractivity (Wildman–Crippen MR) is 119 cm³/mol. The van der Waals surface area contributed by atoms with Gasteiger partial charge in [-0.3, -0.25) is 0 Å². The summed E-state index contributed by atoms with van der Waals surface area (Å²) in [4.78, 5) is 2.54. The molecule has 28 heavy (non-hydrogen) atoms. The highest BCUT2D eigenvalue weighted by molar-refractivity contribution is 5.59. The Kier molecular flexibility index (Phi) is 5.66. The van der Waals surface area contributed by atoms with Gasteiger partial charge >= 0.3 is 0 Å². The van der Waals surface area contributed by atoms with Crippen LogP contribution in [0, 0.1) is 0 Å². The van der Waals surface area contributed by atoms with Gasteiger partial charge in [0.05, 0.1) is 6.54 Å². The van der Waals surface area contributed by atoms with E-state index in [-0.39, 0.29) is 5.54 Å². The third-order valence-corrected chi connectivity index (χ3v) is 6.84. The molecule has 0 N–H and O–H groups in total. The van der Waals surface area contributed by atoms with E-state index in [0.29, 0.717) is 5.92 Å². The molecule has 0 radical (unpaired) electrons. The van der Waals surface area contributed by atoms with Gasteiger partial charge in [-0.15, -0.1) is 0 Å². The summed E-state index contributed by atoms with van der Waals surface area (Å²) in [6.45, 7) is 8.70. The number of hydrogen-bond donors (Lipinski definition) is 0. The number of hydrogen-bond acceptors (Lipinski definition) is 2. The fourth-order valence-electron chi connectivity index (χ4n) is 5.40. The van der Waals surface area contributed by atoms with Gasteiger partial charge in [-0.25, -0.2) is 0 Å². The summed E-state index contributed by atoms with van der Waals surface area (Å²) in [5.41, 5.74) is 4.50. The molecular weight excluding hydrogens is 342 g/mol. The lowest BCUT2D eigenvalue weighted by atomic mass is 9.80. The zero-order valence-corrected chi connectivity index (χ0v) is 17.8. The maximum absolute atomic E-state index is 6.14. The first kappa shape index (κ1) is 19.4. The minimum absolute atomic E-state index is 0.155. The summed E-state index contributed by atoms with van der Waals surface area (Å²) in [5, 5.41) is 0. The first-order valence-electron chi connectivity index (χ1n) is 11.1. The van der Waals surface area contributed by atoms with E-state index in [4.69, 9.17) is 4.74 Å². The van der Waals surface area contributed by atoms with Crippen LogP contribution < -0.4 is 9.64 Å². The van der Waals surface area contributed by atoms with Crippen LogP contribution in [0.15, 0.2) is 48.5 Å². The third kappa shape index (κ3) is 4.06. The van der Waals surface area contributed by atoms with Gasteiger partial charge in [0.2, 0.25) is 0 Å². The third-order valence-electron chi connectivity index (χ3n) is 6.84. The number of anilines is 1. The van der Waals surface area contributed by atoms with E-state index in [9.17, 15) is 0 Å². The van der Waals surface area contributed by atoms with Crippen LogP contribution >= 0.6 is 0 Å². The number of benzene rings is 2. The van der Waals surface area contributed by atoms with Crippen molar-refractivity contribution in [3.05, 3.63) is 59.7 Å². The molecule has 1 saturated carbocycles. The van der Waals surface area contributed by atoms with Crippen LogP contribution in [-0.4, -0.2) is 18.7 Å². The van der Waals surface area contributed by atoms with E-state index in [2.05, 4.69) is 74.2 Å². The standard InChI is InChI=1S/C26H35NO/c1-20-19-26(2,3)27(25-12-8-7-11-24(20)25)17-18-28-23-15-13-22(14-16-23)21-9-5-4-6-10-21/h7-8,11-16,20-21H,4-6,9-10,17-19H2,1-3H3. The molecule has 0 bridgehead atoms. The molecule has 0 saturated heterocycles. The van der Waals surface area contributed by atoms with Crippen LogP contribution in [0.4, 0.5) is 5.69 Å². The monoisotopic (exact) mass is 377 g/mol. The smallest absolute Gasteiger partial charge is 0.119 e. The van der Waals surface area contributed by atoms with Crippen molar-refractivity contribution in [3.63, 3.8) is 0 Å². The summed E-state index contributed by atoms with van der Waals surface area (Å²) in [7, 11) is 0. The molecular formula is C26H35NO. The fraction of sp³-hybridized carbons (Fsp3) is 0.538. The van der Waals surface area contributed by atoms with Crippen LogP contribution in [0.3, 0.4) is 0 Å². The first-order valence-corrected chi connectivity index (χ1v) is 11.1. The molecule has 1 aliphatic heterocycles. The normalized spacial score (nSPS) is 22.0. The summed E-state index contributed by atoms with van der Waals surface area (Å²) >= 11 is 0. The Bertz CT molecular complexity index is 773. The highest BCUT2D eigenvalue weighted by atomic mass is 16.5. The molecule has 1 heterocycles. The van der Waals surface area contributed by atoms with Crippen molar-refractivity contribution in [2.24, 2.45) is 0 Å². The van der Waals surface area contributed by atoms with Gasteiger partial charge in [0.25, 0.3) is 0 Å². The summed E-state index contributed by atoms with van der Waals surface area (Å²) in [5.74, 6) is 2.36. The molecule has 2 aromatic rings. The SMILES string of the molecule is CC1CC(C)(C)N(CCOc2ccc(C3CCCCC3)cc2)c2ccccc21. The van der Waals surface area contributed by atoms with E-state index in [0.717, 1.165) is 24.8 Å². The Morgan fingerprint density at radius 1 is 0.964 bits per heavy atom. The van der Waals surface area contributed by atoms with Gasteiger partial charge in [0.1, 0.15) is 12.4 Å². The average Bonchev–Trinajstić information content (AvgIpc) is 2.71. The van der Waals surface area contributed by atoms with Crippen molar-refractivity contribution in [1.29, 1.82) is 0 Å². The molecule has 2 heteroatoms. The molecule has 2 nitrogen and oxygen atoms in total. The van der Waals surface area contributed by atoms with Crippen molar-refractivity contribution in [2.45, 2.75) is 76.7 Å². The summed E-state index contributed by atoms with van der Waals surface area (Å²) < 4.78 is 6.14. The second kappa shape index (κ2) is 8.19. The highest BCUT2D eigenvalue weighted by Crippen LogP contribution is 2.42. The van der Waals surface area contributed by atoms with E-state index in [1.807, 2.05) is 0 Å². The van der Waals surface area contributed by atoms with Crippen LogP contribution in [0.2, 0.25) is 0 Å². The maximum atomic E-state index is 6.14. The van der Waals surface area contributed by atoms with Crippen molar-refractivity contribution >= 4 is 5.69 Å². The van der Waals surface area contributed by atoms with Crippen molar-refractivity contribution < 1.29 is 4.74 Å². The Hall–Kier alpha value is -1.96. The molecule has 4 rings (SSSR count). The zero-order chi connectivity index (χ0) is 19.6. The quantitative estimate of drug-likeness (QED) is 0.561. The van der Waals surface area contributed by atoms with Gasteiger partial charge in [-0.1, -0.05) is 56.5 Å². The average molecular weight is 378 g/mol. The van der Waals surface area contributed by atoms with E-state index in [1.165, 1.54) is 55.3 Å². The maximum Gasteiger partial charge on any atom is 0.119 e. The van der Waals surface area contributed by atoms with Gasteiger partial charge in [-0.2, -0.15) is 0 Å². The van der Waals surface area contributed by atoms with Crippen molar-refractivity contribution in [1.82, 2.24) is 0 Å². The Morgan fingerprint density at radius 2 is 1.68 bits per heavy atom. The van der Waals surface area contributed by atoms with Gasteiger partial charge in [0, 0.05) is 11.2 Å². The molecule has 0 aromatic heterocycles. The first-order chi connectivity index (χ1) is 13.5. The zero-order valence-electron chi connectivity index (χ0n) is 17.8. The van der Waals surface area contributed by atoms with Crippen molar-refractivity contribution in [3.8, 4) is 5.75 Å². The number of fused-ring (bicyclic) bond motifs is 1. The number of rotatable bonds is 5. The molecule has 2 aromatic carbocycles. The van der Waals surface area contributed by atoms with E-state index < -0.39 is 0 Å². The molecule has 1 aliphatic carbocycles. The second-order valence-corrected chi connectivity index (χ2v) is 9.38. The Balaban J connectivity index is 1.38. The van der Waals surface area contributed by atoms with Crippen LogP contribution in [0.5, 0.6) is 5.75 Å². The minimum atomic E-state index is 0.155. The largest absolute Gasteiger partial charge is 0.492 e. The number of ether oxygens (including phenoxy) is 1. The lowest BCUT2D eigenvalue weighted by molar-refractivity contribution is 0.294. The lowest BCUT2D eigenvalue weighted by Crippen LogP contribution is -2.50. The van der Waals surface area contributed by atoms with E-state index in [1.54, 1.807) is 0 Å². The van der Waals surface area contributed by atoms with Crippen molar-refractivity contribution in [2.75, 3.05) is 18.1 Å². The van der Waals surface area contributed by atoms with Gasteiger partial charge in [-0.05, 0) is 74.3 Å². The van der Waals surface area contributed by atoms with Crippen LogP contribution in [0.25, 0.3) is 0 Å². The van der Waals surface area contributed by atoms with Gasteiger partial charge in [0.15, 0.2) is 0 Å². The fourth-order valence-corrected chi connectivity index (χ4v) is 5.40. The number of nitrogens with zero attached hydrogens (tertiary/aromatic N) is 1. The molecule has 150 valence electrons. The molecule has 1 atom stereocenters. The van der Waals surface area contributed by atoms with Crippen LogP contribution in [0.1, 0.15) is 82.3 Å². The molecule has 0 amide bonds. The van der Waals surface area contributed by atoms with E-state index >= 15 is 0 Å². The molecule has 0 spiro atoms. The summed E-state index contributed by atoms with van der Waals surface area (Å²) in [6, 6.07) is 17.8. The highest BCUT2D eigenvalue weighted by Gasteiger charge is 2.35. The minimum Gasteiger partial charge on any atom is -0.492 e. The topological polar surface area (TPSA) is 12.5 Å². The Labute approximate surface area is 170 Å². The summed E-state index contributed by atoms with van der Waals surface area (Å²) in [6.07, 6.45) is 8.06. The number of para-hydroxylation sites is 1. The second-order valence-electron chi connectivity index (χ2n) is 9.38. The molecule has 2 aliphatic rings. The Morgan fingerprint density at radius 3 is 2.43 bits per heavy atom.